The molecule has 4 heteroatoms. The summed E-state index contributed by atoms with van der Waals surface area (Å²) in [5.41, 5.74) is 0. The molecule has 0 aromatic rings. The third-order valence-electron chi connectivity index (χ3n) is 3.63. The first-order valence-electron chi connectivity index (χ1n) is 9.57. The first-order chi connectivity index (χ1) is 13.1. The van der Waals surface area contributed by atoms with E-state index in [2.05, 4.69) is 6.92 Å². The summed E-state index contributed by atoms with van der Waals surface area (Å²) in [5, 5.41) is 27.6. The third-order valence-corrected chi connectivity index (χ3v) is 3.63. The van der Waals surface area contributed by atoms with Gasteiger partial charge in [-0.05, 0) is 32.1 Å². The molecule has 0 amide bonds. The van der Waals surface area contributed by atoms with Gasteiger partial charge in [0.15, 0.2) is 0 Å². The van der Waals surface area contributed by atoms with Crippen molar-refractivity contribution in [1.82, 2.24) is 0 Å². The number of hydrogen-bond donors (Lipinski definition) is 3. The van der Waals surface area contributed by atoms with Crippen molar-refractivity contribution in [2.45, 2.75) is 51.6 Å². The molecule has 3 N–H and O–H groups in total. The van der Waals surface area contributed by atoms with Gasteiger partial charge in [0, 0.05) is 18.9 Å². The number of hydrogen-bond acceptors (Lipinski definition) is 3. The topological polar surface area (TPSA) is 77.8 Å². The molecule has 0 saturated carbocycles. The molecule has 0 fully saturated rings. The van der Waals surface area contributed by atoms with Crippen LogP contribution >= 0.6 is 0 Å². The number of carboxylic acids is 1. The molecule has 0 aliphatic carbocycles. The Hall–Kier alpha value is -2.17. The molecule has 0 aromatic carbocycles. The van der Waals surface area contributed by atoms with Crippen molar-refractivity contribution in [3.05, 3.63) is 72.9 Å². The van der Waals surface area contributed by atoms with Crippen LogP contribution in [0.3, 0.4) is 0 Å². The zero-order valence-corrected chi connectivity index (χ0v) is 16.3. The van der Waals surface area contributed by atoms with E-state index < -0.39 is 12.1 Å². The van der Waals surface area contributed by atoms with Gasteiger partial charge in [0.1, 0.15) is 0 Å². The number of allylic oxidation sites excluding steroid dienone is 9. The molecular weight excluding hydrogens is 340 g/mol. The average molecular weight is 375 g/mol. The van der Waals surface area contributed by atoms with Gasteiger partial charge in [-0.1, -0.05) is 79.8 Å². The van der Waals surface area contributed by atoms with E-state index in [4.69, 9.17) is 5.11 Å². The predicted molar refractivity (Wildman–Crippen MR) is 112 cm³/mol. The van der Waals surface area contributed by atoms with E-state index in [0.29, 0.717) is 19.3 Å². The summed E-state index contributed by atoms with van der Waals surface area (Å²) in [7, 11) is 0. The van der Waals surface area contributed by atoms with Crippen LogP contribution < -0.4 is 0 Å². The molecule has 0 bridgehead atoms. The average Bonchev–Trinajstić information content (AvgIpc) is 2.64. The number of carbonyl (C=O) groups is 1. The first kappa shape index (κ1) is 24.8. The summed E-state index contributed by atoms with van der Waals surface area (Å²) in [4.78, 5) is 10.4. The van der Waals surface area contributed by atoms with Crippen molar-refractivity contribution in [2.75, 3.05) is 6.61 Å². The highest BCUT2D eigenvalue weighted by molar-refractivity contribution is 5.66. The molecule has 1 unspecified atom stereocenters. The van der Waals surface area contributed by atoms with Crippen molar-refractivity contribution in [2.24, 2.45) is 5.92 Å². The molecule has 4 nitrogen and oxygen atoms in total. The van der Waals surface area contributed by atoms with Crippen molar-refractivity contribution in [3.63, 3.8) is 0 Å². The number of aliphatic hydroxyl groups is 2. The Morgan fingerprint density at radius 2 is 1.56 bits per heavy atom. The van der Waals surface area contributed by atoms with Gasteiger partial charge in [-0.3, -0.25) is 4.79 Å². The lowest BCUT2D eigenvalue weighted by atomic mass is 10.1. The standard InChI is InChI=1S/C23H34O4/c1-2-3-10-17-22(25)18-13-8-6-4-5-7-11-15-21(20-24)16-12-9-14-19-23(26)27/h3,5-13,15,18,21-22,24-25H,2,4,14,16-17,19-20H2,1H3,(H,26,27)/b7-5-,8-6-,10-3-,12-9-,15-11+,18-13+/t21-,22?/m0/s1. The van der Waals surface area contributed by atoms with Crippen molar-refractivity contribution < 1.29 is 20.1 Å². The van der Waals surface area contributed by atoms with Gasteiger partial charge >= 0.3 is 5.97 Å². The number of aliphatic carboxylic acids is 1. The molecule has 0 rings (SSSR count). The Morgan fingerprint density at radius 1 is 0.889 bits per heavy atom. The maximum absolute atomic E-state index is 10.4. The maximum Gasteiger partial charge on any atom is 0.303 e. The molecule has 2 atom stereocenters. The number of rotatable bonds is 15. The first-order valence-corrected chi connectivity index (χ1v) is 9.57. The van der Waals surface area contributed by atoms with Gasteiger partial charge in [-0.25, -0.2) is 0 Å². The van der Waals surface area contributed by atoms with Crippen LogP contribution in [0.4, 0.5) is 0 Å². The highest BCUT2D eigenvalue weighted by Gasteiger charge is 1.99. The minimum absolute atomic E-state index is 0.0393. The van der Waals surface area contributed by atoms with Crippen molar-refractivity contribution in [1.29, 1.82) is 0 Å². The summed E-state index contributed by atoms with van der Waals surface area (Å²) < 4.78 is 0. The molecule has 0 spiro atoms. The Morgan fingerprint density at radius 3 is 2.19 bits per heavy atom. The zero-order chi connectivity index (χ0) is 20.2. The second-order valence-electron chi connectivity index (χ2n) is 6.13. The summed E-state index contributed by atoms with van der Waals surface area (Å²) in [6, 6.07) is 0. The lowest BCUT2D eigenvalue weighted by molar-refractivity contribution is -0.136. The lowest BCUT2D eigenvalue weighted by Gasteiger charge is -2.04. The van der Waals surface area contributed by atoms with E-state index >= 15 is 0 Å². The van der Waals surface area contributed by atoms with Gasteiger partial charge in [0.05, 0.1) is 6.10 Å². The van der Waals surface area contributed by atoms with E-state index in [-0.39, 0.29) is 18.9 Å². The molecule has 0 saturated heterocycles. The highest BCUT2D eigenvalue weighted by Crippen LogP contribution is 2.06. The quantitative estimate of drug-likeness (QED) is 0.286. The lowest BCUT2D eigenvalue weighted by Crippen LogP contribution is -2.00. The van der Waals surface area contributed by atoms with Gasteiger partial charge in [-0.2, -0.15) is 0 Å². The molecule has 0 radical (unpaired) electrons. The fraction of sp³-hybridized carbons (Fsp3) is 0.435. The smallest absolute Gasteiger partial charge is 0.303 e. The molecule has 27 heavy (non-hydrogen) atoms. The van der Waals surface area contributed by atoms with E-state index in [9.17, 15) is 15.0 Å². The highest BCUT2D eigenvalue weighted by atomic mass is 16.4. The third kappa shape index (κ3) is 18.4. The number of aliphatic hydroxyl groups excluding tert-OH is 2. The van der Waals surface area contributed by atoms with E-state index in [1.165, 1.54) is 0 Å². The van der Waals surface area contributed by atoms with Crippen molar-refractivity contribution >= 4 is 5.97 Å². The van der Waals surface area contributed by atoms with Crippen LogP contribution in [-0.4, -0.2) is 34.0 Å². The second kappa shape index (κ2) is 18.6. The van der Waals surface area contributed by atoms with E-state index in [1.54, 1.807) is 6.08 Å². The minimum Gasteiger partial charge on any atom is -0.481 e. The van der Waals surface area contributed by atoms with Gasteiger partial charge < -0.3 is 15.3 Å². The van der Waals surface area contributed by atoms with Crippen LogP contribution in [0.5, 0.6) is 0 Å². The molecule has 0 heterocycles. The van der Waals surface area contributed by atoms with Gasteiger partial charge in [0.2, 0.25) is 0 Å². The van der Waals surface area contributed by atoms with Crippen LogP contribution in [0.25, 0.3) is 0 Å². The van der Waals surface area contributed by atoms with Crippen LogP contribution in [0.1, 0.15) is 45.4 Å². The summed E-state index contributed by atoms with van der Waals surface area (Å²) in [6.45, 7) is 2.13. The monoisotopic (exact) mass is 374 g/mol. The Labute approximate surface area is 163 Å². The van der Waals surface area contributed by atoms with Gasteiger partial charge in [-0.15, -0.1) is 0 Å². The molecule has 150 valence electrons. The maximum atomic E-state index is 10.4. The van der Waals surface area contributed by atoms with Crippen LogP contribution in [0, 0.1) is 5.92 Å². The SMILES string of the molecule is CC/C=C\CC(O)/C=C/C=C\C/C=C\C=C\[C@H](CO)C/C=C\CCC(=O)O. The Kier molecular flexibility index (Phi) is 17.1. The number of carboxylic acid groups (broad SMARTS) is 1. The van der Waals surface area contributed by atoms with Crippen molar-refractivity contribution in [3.8, 4) is 0 Å². The van der Waals surface area contributed by atoms with E-state index in [0.717, 1.165) is 12.8 Å². The zero-order valence-electron chi connectivity index (χ0n) is 16.3. The molecular formula is C23H34O4. The Balaban J connectivity index is 4.00. The fourth-order valence-corrected chi connectivity index (χ4v) is 2.10. The van der Waals surface area contributed by atoms with Crippen LogP contribution in [-0.2, 0) is 4.79 Å². The van der Waals surface area contributed by atoms with Crippen LogP contribution in [0.2, 0.25) is 0 Å². The molecule has 0 aromatic heterocycles. The summed E-state index contributed by atoms with van der Waals surface area (Å²) in [5.74, 6) is -0.759. The largest absolute Gasteiger partial charge is 0.481 e. The van der Waals surface area contributed by atoms with Crippen LogP contribution in [0.15, 0.2) is 72.9 Å². The normalized spacial score (nSPS) is 15.4. The minimum atomic E-state index is -0.798. The summed E-state index contributed by atoms with van der Waals surface area (Å²) >= 11 is 0. The fourth-order valence-electron chi connectivity index (χ4n) is 2.10. The Bertz CT molecular complexity index is 539. The van der Waals surface area contributed by atoms with E-state index in [1.807, 2.05) is 66.8 Å². The summed E-state index contributed by atoms with van der Waals surface area (Å²) in [6.07, 6.45) is 26.5. The molecule has 0 aliphatic heterocycles. The predicted octanol–water partition coefficient (Wildman–Crippen LogP) is 4.74. The second-order valence-corrected chi connectivity index (χ2v) is 6.13. The molecule has 0 aliphatic rings. The van der Waals surface area contributed by atoms with Gasteiger partial charge in [0.25, 0.3) is 0 Å².